The standard InChI is InChI=1S/C16H24N2O4/c1-11-13(12(2)22-17-11)4-5-15(20)18-8-6-14(19)16(10-18)7-3-9-21-16/h14,19H,3-10H2,1-2H3/t14-,16-/m0/s1. The van der Waals surface area contributed by atoms with Crippen molar-refractivity contribution in [3.8, 4) is 0 Å². The zero-order valence-electron chi connectivity index (χ0n) is 13.3. The Labute approximate surface area is 130 Å². The number of aliphatic hydroxyl groups is 1. The van der Waals surface area contributed by atoms with Crippen LogP contribution >= 0.6 is 0 Å². The number of aliphatic hydroxyl groups excluding tert-OH is 1. The summed E-state index contributed by atoms with van der Waals surface area (Å²) in [6.45, 7) is 5.56. The van der Waals surface area contributed by atoms with Crippen molar-refractivity contribution in [3.05, 3.63) is 17.0 Å². The van der Waals surface area contributed by atoms with Crippen molar-refractivity contribution < 1.29 is 19.2 Å². The van der Waals surface area contributed by atoms with Gasteiger partial charge in [0.15, 0.2) is 0 Å². The van der Waals surface area contributed by atoms with E-state index >= 15 is 0 Å². The number of rotatable bonds is 3. The number of hydrogen-bond acceptors (Lipinski definition) is 5. The van der Waals surface area contributed by atoms with Crippen molar-refractivity contribution in [1.82, 2.24) is 10.1 Å². The van der Waals surface area contributed by atoms with Crippen LogP contribution < -0.4 is 0 Å². The van der Waals surface area contributed by atoms with Crippen LogP contribution in [0.1, 0.15) is 42.7 Å². The number of aromatic nitrogens is 1. The molecule has 0 bridgehead atoms. The Balaban J connectivity index is 1.61. The highest BCUT2D eigenvalue weighted by Crippen LogP contribution is 2.35. The fraction of sp³-hybridized carbons (Fsp3) is 0.750. The van der Waals surface area contributed by atoms with E-state index in [1.807, 2.05) is 18.7 Å². The summed E-state index contributed by atoms with van der Waals surface area (Å²) >= 11 is 0. The molecule has 2 aliphatic rings. The molecule has 3 heterocycles. The number of carbonyl (C=O) groups is 1. The molecule has 2 aliphatic heterocycles. The zero-order valence-corrected chi connectivity index (χ0v) is 13.3. The number of hydrogen-bond donors (Lipinski definition) is 1. The Morgan fingerprint density at radius 1 is 1.50 bits per heavy atom. The lowest BCUT2D eigenvalue weighted by molar-refractivity contribution is -0.154. The van der Waals surface area contributed by atoms with Crippen LogP contribution in [0.25, 0.3) is 0 Å². The Morgan fingerprint density at radius 3 is 2.95 bits per heavy atom. The molecule has 2 saturated heterocycles. The van der Waals surface area contributed by atoms with Gasteiger partial charge in [0.05, 0.1) is 18.3 Å². The van der Waals surface area contributed by atoms with Crippen LogP contribution in [0.3, 0.4) is 0 Å². The molecule has 1 spiro atoms. The molecule has 0 aromatic carbocycles. The van der Waals surface area contributed by atoms with Crippen molar-refractivity contribution >= 4 is 5.91 Å². The Kier molecular flexibility index (Phi) is 4.23. The largest absolute Gasteiger partial charge is 0.390 e. The zero-order chi connectivity index (χ0) is 15.7. The normalized spacial score (nSPS) is 28.5. The molecule has 0 unspecified atom stereocenters. The number of aryl methyl sites for hydroxylation is 2. The van der Waals surface area contributed by atoms with Crippen LogP contribution in [0.5, 0.6) is 0 Å². The molecular weight excluding hydrogens is 284 g/mol. The summed E-state index contributed by atoms with van der Waals surface area (Å²) in [6, 6.07) is 0. The van der Waals surface area contributed by atoms with Gasteiger partial charge in [0.2, 0.25) is 5.91 Å². The first-order chi connectivity index (χ1) is 10.5. The summed E-state index contributed by atoms with van der Waals surface area (Å²) in [5, 5.41) is 14.1. The average molecular weight is 308 g/mol. The molecule has 2 fully saturated rings. The molecule has 1 aromatic heterocycles. The molecule has 1 amide bonds. The van der Waals surface area contributed by atoms with E-state index < -0.39 is 11.7 Å². The van der Waals surface area contributed by atoms with Gasteiger partial charge < -0.3 is 19.3 Å². The first-order valence-electron chi connectivity index (χ1n) is 8.03. The molecule has 22 heavy (non-hydrogen) atoms. The highest BCUT2D eigenvalue weighted by molar-refractivity contribution is 5.76. The van der Waals surface area contributed by atoms with Crippen molar-refractivity contribution in [2.24, 2.45) is 0 Å². The van der Waals surface area contributed by atoms with Crippen molar-refractivity contribution in [2.75, 3.05) is 19.7 Å². The van der Waals surface area contributed by atoms with Crippen molar-refractivity contribution in [2.45, 2.75) is 57.7 Å². The molecular formula is C16H24N2O4. The van der Waals surface area contributed by atoms with E-state index in [-0.39, 0.29) is 5.91 Å². The van der Waals surface area contributed by atoms with Gasteiger partial charge >= 0.3 is 0 Å². The maximum Gasteiger partial charge on any atom is 0.223 e. The van der Waals surface area contributed by atoms with Gasteiger partial charge in [-0.05, 0) is 39.5 Å². The smallest absolute Gasteiger partial charge is 0.223 e. The van der Waals surface area contributed by atoms with Crippen LogP contribution in [-0.4, -0.2) is 52.5 Å². The number of amides is 1. The minimum atomic E-state index is -0.531. The lowest BCUT2D eigenvalue weighted by Gasteiger charge is -2.43. The number of ether oxygens (including phenoxy) is 1. The number of nitrogens with zero attached hydrogens (tertiary/aromatic N) is 2. The van der Waals surface area contributed by atoms with Gasteiger partial charge in [-0.1, -0.05) is 5.16 Å². The number of carbonyl (C=O) groups excluding carboxylic acids is 1. The van der Waals surface area contributed by atoms with Gasteiger partial charge in [0.1, 0.15) is 11.4 Å². The third kappa shape index (κ3) is 2.77. The van der Waals surface area contributed by atoms with E-state index in [9.17, 15) is 9.90 Å². The van der Waals surface area contributed by atoms with E-state index in [4.69, 9.17) is 9.26 Å². The lowest BCUT2D eigenvalue weighted by atomic mass is 9.87. The van der Waals surface area contributed by atoms with Gasteiger partial charge in [0.25, 0.3) is 0 Å². The monoisotopic (exact) mass is 308 g/mol. The molecule has 0 radical (unpaired) electrons. The molecule has 2 atom stereocenters. The summed E-state index contributed by atoms with van der Waals surface area (Å²) in [7, 11) is 0. The van der Waals surface area contributed by atoms with E-state index in [1.165, 1.54) is 0 Å². The fourth-order valence-corrected chi connectivity index (χ4v) is 3.62. The number of piperidine rings is 1. The summed E-state index contributed by atoms with van der Waals surface area (Å²) in [5.74, 6) is 0.900. The third-order valence-corrected chi connectivity index (χ3v) is 4.99. The highest BCUT2D eigenvalue weighted by Gasteiger charge is 2.47. The van der Waals surface area contributed by atoms with Crippen molar-refractivity contribution in [3.63, 3.8) is 0 Å². The van der Waals surface area contributed by atoms with Crippen LogP contribution in [0.4, 0.5) is 0 Å². The van der Waals surface area contributed by atoms with Gasteiger partial charge in [0, 0.05) is 25.1 Å². The highest BCUT2D eigenvalue weighted by atomic mass is 16.5. The van der Waals surface area contributed by atoms with Gasteiger partial charge in [-0.25, -0.2) is 0 Å². The van der Waals surface area contributed by atoms with Gasteiger partial charge in [-0.3, -0.25) is 4.79 Å². The van der Waals surface area contributed by atoms with E-state index in [0.717, 1.165) is 29.9 Å². The molecule has 1 aromatic rings. The van der Waals surface area contributed by atoms with Crippen LogP contribution in [-0.2, 0) is 16.0 Å². The Hall–Kier alpha value is -1.40. The van der Waals surface area contributed by atoms with Crippen molar-refractivity contribution in [1.29, 1.82) is 0 Å². The summed E-state index contributed by atoms with van der Waals surface area (Å²) < 4.78 is 10.9. The van der Waals surface area contributed by atoms with Gasteiger partial charge in [-0.15, -0.1) is 0 Å². The second-order valence-corrected chi connectivity index (χ2v) is 6.44. The predicted octanol–water partition coefficient (Wildman–Crippen LogP) is 1.37. The second kappa shape index (κ2) is 6.01. The molecule has 1 N–H and O–H groups in total. The summed E-state index contributed by atoms with van der Waals surface area (Å²) in [6.07, 6.45) is 3.01. The van der Waals surface area contributed by atoms with E-state index in [2.05, 4.69) is 5.16 Å². The molecule has 6 nitrogen and oxygen atoms in total. The molecule has 3 rings (SSSR count). The van der Waals surface area contributed by atoms with Gasteiger partial charge in [-0.2, -0.15) is 0 Å². The molecule has 0 aliphatic carbocycles. The lowest BCUT2D eigenvalue weighted by Crippen LogP contribution is -2.57. The molecule has 0 saturated carbocycles. The topological polar surface area (TPSA) is 75.8 Å². The predicted molar refractivity (Wildman–Crippen MR) is 79.4 cm³/mol. The number of likely N-dealkylation sites (tertiary alicyclic amines) is 1. The van der Waals surface area contributed by atoms with Crippen LogP contribution in [0.15, 0.2) is 4.52 Å². The minimum Gasteiger partial charge on any atom is -0.390 e. The quantitative estimate of drug-likeness (QED) is 0.912. The first kappa shape index (κ1) is 15.5. The van der Waals surface area contributed by atoms with Crippen LogP contribution in [0.2, 0.25) is 0 Å². The SMILES string of the molecule is Cc1noc(C)c1CCC(=O)N1CC[C@H](O)[C@]2(CCCO2)C1. The fourth-order valence-electron chi connectivity index (χ4n) is 3.62. The molecule has 122 valence electrons. The Bertz CT molecular complexity index is 529. The first-order valence-corrected chi connectivity index (χ1v) is 8.03. The van der Waals surface area contributed by atoms with Crippen LogP contribution in [0, 0.1) is 13.8 Å². The summed E-state index contributed by atoms with van der Waals surface area (Å²) in [5.41, 5.74) is 1.35. The minimum absolute atomic E-state index is 0.113. The van der Waals surface area contributed by atoms with E-state index in [0.29, 0.717) is 39.0 Å². The summed E-state index contributed by atoms with van der Waals surface area (Å²) in [4.78, 5) is 14.3. The maximum atomic E-state index is 12.5. The Morgan fingerprint density at radius 2 is 2.32 bits per heavy atom. The maximum absolute atomic E-state index is 12.5. The second-order valence-electron chi connectivity index (χ2n) is 6.44. The van der Waals surface area contributed by atoms with E-state index in [1.54, 1.807) is 0 Å². The molecule has 6 heteroatoms. The third-order valence-electron chi connectivity index (χ3n) is 4.99. The average Bonchev–Trinajstić information content (AvgIpc) is 3.09.